The van der Waals surface area contributed by atoms with E-state index in [-0.39, 0.29) is 6.42 Å². The van der Waals surface area contributed by atoms with Crippen molar-refractivity contribution in [1.82, 2.24) is 0 Å². The third-order valence-electron chi connectivity index (χ3n) is 3.50. The summed E-state index contributed by atoms with van der Waals surface area (Å²) in [6.45, 7) is -0.677. The highest BCUT2D eigenvalue weighted by atomic mass is 31.3. The van der Waals surface area contributed by atoms with E-state index in [0.717, 1.165) is 0 Å². The fraction of sp³-hybridized carbons (Fsp3) is 0.500. The van der Waals surface area contributed by atoms with Crippen molar-refractivity contribution in [1.29, 1.82) is 0 Å². The van der Waals surface area contributed by atoms with E-state index < -0.39 is 54.5 Å². The molecule has 0 saturated carbocycles. The van der Waals surface area contributed by atoms with Gasteiger partial charge in [0.2, 0.25) is 0 Å². The van der Waals surface area contributed by atoms with Gasteiger partial charge in [0.1, 0.15) is 20.2 Å². The number of phosphoric acid groups is 3. The average Bonchev–Trinajstić information content (AvgIpc) is 2.90. The van der Waals surface area contributed by atoms with Gasteiger partial charge in [0.15, 0.2) is 0 Å². The molecule has 1 heterocycles. The summed E-state index contributed by atoms with van der Waals surface area (Å²) in [6.07, 6.45) is -2.44. The Morgan fingerprint density at radius 3 is 2.31 bits per heavy atom. The third kappa shape index (κ3) is 8.68. The first-order valence-corrected chi connectivity index (χ1v) is 12.4. The molecule has 1 saturated heterocycles. The molecule has 1 aliphatic heterocycles. The number of hydrogen-bond acceptors (Lipinski definition) is 9. The van der Waals surface area contributed by atoms with Gasteiger partial charge < -0.3 is 34.8 Å². The number of benzene rings is 1. The van der Waals surface area contributed by atoms with Gasteiger partial charge in [0.25, 0.3) is 0 Å². The van der Waals surface area contributed by atoms with Crippen molar-refractivity contribution in [3.63, 3.8) is 0 Å². The van der Waals surface area contributed by atoms with Gasteiger partial charge in [-0.15, -0.1) is 0 Å². The zero-order chi connectivity index (χ0) is 21.9. The van der Waals surface area contributed by atoms with Gasteiger partial charge in [-0.05, 0) is 12.0 Å². The van der Waals surface area contributed by atoms with Crippen molar-refractivity contribution in [3.8, 4) is 0 Å². The van der Waals surface area contributed by atoms with Crippen molar-refractivity contribution >= 4 is 31.3 Å². The zero-order valence-electron chi connectivity index (χ0n) is 14.7. The molecule has 6 N–H and O–H groups in total. The molecule has 6 atom stereocenters. The van der Waals surface area contributed by atoms with E-state index in [4.69, 9.17) is 37.7 Å². The second-order valence-electron chi connectivity index (χ2n) is 5.84. The Balaban J connectivity index is 1.95. The molecule has 2 rings (SSSR count). The summed E-state index contributed by atoms with van der Waals surface area (Å²) < 4.78 is 56.5. The van der Waals surface area contributed by atoms with Crippen molar-refractivity contribution in [2.45, 2.75) is 30.9 Å². The number of hydrogen-bond donors (Lipinski definition) is 5. The molecule has 1 aromatic carbocycles. The van der Waals surface area contributed by atoms with E-state index in [0.29, 0.717) is 5.56 Å². The van der Waals surface area contributed by atoms with E-state index in [1.165, 1.54) is 0 Å². The second kappa shape index (κ2) is 9.80. The summed E-state index contributed by atoms with van der Waals surface area (Å²) in [6, 6.07) is 7.95. The highest BCUT2D eigenvalue weighted by Crippen LogP contribution is 2.66. The largest absolute Gasteiger partial charge is 0.490 e. The highest BCUT2D eigenvalue weighted by Gasteiger charge is 2.42. The maximum atomic E-state index is 11.8. The Labute approximate surface area is 167 Å². The van der Waals surface area contributed by atoms with E-state index >= 15 is 0 Å². The minimum absolute atomic E-state index is 0.172. The Kier molecular flexibility index (Phi) is 8.40. The van der Waals surface area contributed by atoms with Crippen LogP contribution >= 0.6 is 23.5 Å². The van der Waals surface area contributed by atoms with E-state index in [2.05, 4.69) is 13.1 Å². The maximum Gasteiger partial charge on any atom is 0.490 e. The molecule has 1 aromatic rings. The third-order valence-corrected chi connectivity index (χ3v) is 7.30. The number of rotatable bonds is 10. The smallest absolute Gasteiger partial charge is 0.380 e. The van der Waals surface area contributed by atoms with Gasteiger partial charge in [-0.2, -0.15) is 8.62 Å². The van der Waals surface area contributed by atoms with Gasteiger partial charge in [-0.3, -0.25) is 4.52 Å². The fourth-order valence-corrected chi connectivity index (χ4v) is 5.45. The van der Waals surface area contributed by atoms with Crippen LogP contribution in [-0.2, 0) is 36.3 Å². The lowest BCUT2D eigenvalue weighted by Gasteiger charge is -2.24. The summed E-state index contributed by atoms with van der Waals surface area (Å²) in [5.41, 5.74) is 6.61. The van der Waals surface area contributed by atoms with Crippen molar-refractivity contribution in [2.24, 2.45) is 5.73 Å². The van der Waals surface area contributed by atoms with Crippen LogP contribution in [0, 0.1) is 0 Å². The minimum Gasteiger partial charge on any atom is -0.380 e. The summed E-state index contributed by atoms with van der Waals surface area (Å²) in [5, 5.41) is 0. The maximum absolute atomic E-state index is 11.8. The average molecular weight is 473 g/mol. The predicted octanol–water partition coefficient (Wildman–Crippen LogP) is 0.656. The lowest BCUT2D eigenvalue weighted by molar-refractivity contribution is -0.0672. The molecule has 1 aliphatic rings. The Morgan fingerprint density at radius 2 is 1.72 bits per heavy atom. The van der Waals surface area contributed by atoms with Crippen LogP contribution < -0.4 is 5.73 Å². The second-order valence-corrected chi connectivity index (χ2v) is 10.3. The Morgan fingerprint density at radius 1 is 1.10 bits per heavy atom. The van der Waals surface area contributed by atoms with Gasteiger partial charge in [-0.1, -0.05) is 30.3 Å². The van der Waals surface area contributed by atoms with Crippen LogP contribution in [0.15, 0.2) is 30.3 Å². The van der Waals surface area contributed by atoms with Crippen molar-refractivity contribution in [3.05, 3.63) is 35.9 Å². The standard InChI is InChI=1S/C12H19BNO12P3/c13-11-6-9(24-12(14)8-4-2-1-3-5-8)10(23-11)7-22-28(18,19)26-29(20,21)25-27(15,16)17/h1-5,9-12H,6-7,14H2,(H,18,19)(H,20,21)(H2,15,16,17). The molecule has 0 bridgehead atoms. The molecule has 162 valence electrons. The first kappa shape index (κ1) is 24.8. The van der Waals surface area contributed by atoms with Crippen LogP contribution in [0.4, 0.5) is 0 Å². The molecular formula is C12H19BNO12P3. The molecule has 2 radical (unpaired) electrons. The highest BCUT2D eigenvalue weighted by molar-refractivity contribution is 7.66. The molecule has 1 fully saturated rings. The lowest BCUT2D eigenvalue weighted by atomic mass is 9.96. The van der Waals surface area contributed by atoms with Crippen LogP contribution in [-0.4, -0.2) is 52.2 Å². The monoisotopic (exact) mass is 473 g/mol. The van der Waals surface area contributed by atoms with E-state index in [1.54, 1.807) is 30.3 Å². The van der Waals surface area contributed by atoms with Gasteiger partial charge >= 0.3 is 23.5 Å². The molecule has 0 spiro atoms. The van der Waals surface area contributed by atoms with Crippen LogP contribution in [0.2, 0.25) is 0 Å². The number of phosphoric ester groups is 1. The van der Waals surface area contributed by atoms with E-state index in [9.17, 15) is 18.6 Å². The van der Waals surface area contributed by atoms with Gasteiger partial charge in [-0.25, -0.2) is 13.7 Å². The van der Waals surface area contributed by atoms with Crippen LogP contribution in [0.25, 0.3) is 0 Å². The van der Waals surface area contributed by atoms with Crippen LogP contribution in [0.1, 0.15) is 18.2 Å². The predicted molar refractivity (Wildman–Crippen MR) is 97.1 cm³/mol. The summed E-state index contributed by atoms with van der Waals surface area (Å²) in [7, 11) is -10.7. The quantitative estimate of drug-likeness (QED) is 0.180. The van der Waals surface area contributed by atoms with E-state index in [1.807, 2.05) is 0 Å². The molecule has 6 unspecified atom stereocenters. The van der Waals surface area contributed by atoms with Gasteiger partial charge in [0.05, 0.1) is 12.7 Å². The first-order valence-electron chi connectivity index (χ1n) is 7.92. The number of nitrogens with two attached hydrogens (primary N) is 1. The minimum atomic E-state index is -5.60. The van der Waals surface area contributed by atoms with Crippen molar-refractivity contribution < 1.29 is 55.9 Å². The van der Waals surface area contributed by atoms with Crippen LogP contribution in [0.3, 0.4) is 0 Å². The lowest BCUT2D eigenvalue weighted by Crippen LogP contribution is -2.32. The SMILES string of the molecule is [B]C1CC(OC(N)c2ccccc2)C(COP(=O)(O)OP(=O)(O)OP(=O)(O)O)O1. The topological polar surface area (TPSA) is 204 Å². The van der Waals surface area contributed by atoms with Crippen LogP contribution in [0.5, 0.6) is 0 Å². The normalized spacial score (nSPS) is 27.8. The Bertz CT molecular complexity index is 822. The molecule has 29 heavy (non-hydrogen) atoms. The Hall–Kier alpha value is -0.425. The first-order chi connectivity index (χ1) is 13.3. The molecule has 13 nitrogen and oxygen atoms in total. The molecule has 17 heteroatoms. The zero-order valence-corrected chi connectivity index (χ0v) is 17.3. The number of ether oxygens (including phenoxy) is 2. The van der Waals surface area contributed by atoms with Gasteiger partial charge in [0, 0.05) is 6.00 Å². The fourth-order valence-electron chi connectivity index (χ4n) is 2.42. The molecule has 0 amide bonds. The molecule has 0 aliphatic carbocycles. The summed E-state index contributed by atoms with van der Waals surface area (Å²) >= 11 is 0. The summed E-state index contributed by atoms with van der Waals surface area (Å²) in [4.78, 5) is 35.6. The summed E-state index contributed by atoms with van der Waals surface area (Å²) in [5.74, 6) is 0. The molecule has 0 aromatic heterocycles. The molecular weight excluding hydrogens is 454 g/mol. The van der Waals surface area contributed by atoms with Crippen molar-refractivity contribution in [2.75, 3.05) is 6.61 Å².